The summed E-state index contributed by atoms with van der Waals surface area (Å²) in [5.74, 6) is 0. The molecule has 18 heavy (non-hydrogen) atoms. The third-order valence-electron chi connectivity index (χ3n) is 4.36. The van der Waals surface area contributed by atoms with E-state index in [0.717, 1.165) is 6.54 Å². The molecule has 1 saturated carbocycles. The Morgan fingerprint density at radius 1 is 1.39 bits per heavy atom. The van der Waals surface area contributed by atoms with Gasteiger partial charge in [-0.05, 0) is 53.6 Å². The summed E-state index contributed by atoms with van der Waals surface area (Å²) in [5.41, 5.74) is 1.92. The molecule has 1 aliphatic carbocycles. The SMILES string of the molecule is CCNC1CCC(C)(c2cccc3ccsc23)C1. The second kappa shape index (κ2) is 4.67. The Morgan fingerprint density at radius 3 is 3.11 bits per heavy atom. The van der Waals surface area contributed by atoms with Gasteiger partial charge in [0.2, 0.25) is 0 Å². The zero-order valence-corrected chi connectivity index (χ0v) is 12.0. The van der Waals surface area contributed by atoms with Crippen LogP contribution in [0.4, 0.5) is 0 Å². The molecule has 0 radical (unpaired) electrons. The number of thiophene rings is 1. The third kappa shape index (κ3) is 1.98. The van der Waals surface area contributed by atoms with Crippen LogP contribution in [0.3, 0.4) is 0 Å². The van der Waals surface area contributed by atoms with Gasteiger partial charge >= 0.3 is 0 Å². The maximum Gasteiger partial charge on any atom is 0.0380 e. The van der Waals surface area contributed by atoms with Gasteiger partial charge in [-0.15, -0.1) is 11.3 Å². The van der Waals surface area contributed by atoms with Gasteiger partial charge in [0.25, 0.3) is 0 Å². The Hall–Kier alpha value is -0.860. The lowest BCUT2D eigenvalue weighted by Gasteiger charge is -2.26. The number of rotatable bonds is 3. The molecule has 1 N–H and O–H groups in total. The molecule has 2 heteroatoms. The second-order valence-electron chi connectivity index (χ2n) is 5.70. The maximum atomic E-state index is 3.61. The fraction of sp³-hybridized carbons (Fsp3) is 0.500. The fourth-order valence-electron chi connectivity index (χ4n) is 3.42. The van der Waals surface area contributed by atoms with E-state index < -0.39 is 0 Å². The molecule has 3 rings (SSSR count). The first-order chi connectivity index (χ1) is 8.73. The van der Waals surface area contributed by atoms with Crippen LogP contribution in [0.2, 0.25) is 0 Å². The maximum absolute atomic E-state index is 3.61. The number of hydrogen-bond donors (Lipinski definition) is 1. The second-order valence-corrected chi connectivity index (χ2v) is 6.62. The smallest absolute Gasteiger partial charge is 0.0380 e. The Labute approximate surface area is 113 Å². The minimum atomic E-state index is 0.358. The highest BCUT2D eigenvalue weighted by Crippen LogP contribution is 2.44. The summed E-state index contributed by atoms with van der Waals surface area (Å²) in [6.07, 6.45) is 3.89. The zero-order chi connectivity index (χ0) is 12.6. The van der Waals surface area contributed by atoms with Crippen LogP contribution in [0.1, 0.15) is 38.7 Å². The molecule has 1 heterocycles. The first-order valence-corrected chi connectivity index (χ1v) is 7.81. The quantitative estimate of drug-likeness (QED) is 0.865. The monoisotopic (exact) mass is 259 g/mol. The van der Waals surface area contributed by atoms with Crippen LogP contribution < -0.4 is 5.32 Å². The van der Waals surface area contributed by atoms with E-state index >= 15 is 0 Å². The van der Waals surface area contributed by atoms with Crippen LogP contribution in [0.25, 0.3) is 10.1 Å². The largest absolute Gasteiger partial charge is 0.314 e. The number of fused-ring (bicyclic) bond motifs is 1. The lowest BCUT2D eigenvalue weighted by molar-refractivity contribution is 0.461. The molecule has 2 unspecified atom stereocenters. The molecule has 1 fully saturated rings. The Kier molecular flexibility index (Phi) is 3.16. The first kappa shape index (κ1) is 12.2. The Morgan fingerprint density at radius 2 is 2.28 bits per heavy atom. The molecule has 2 aromatic rings. The van der Waals surface area contributed by atoms with Crippen LogP contribution in [-0.4, -0.2) is 12.6 Å². The van der Waals surface area contributed by atoms with Gasteiger partial charge in [0.1, 0.15) is 0 Å². The predicted octanol–water partition coefficient (Wildman–Crippen LogP) is 4.32. The first-order valence-electron chi connectivity index (χ1n) is 6.93. The van der Waals surface area contributed by atoms with Gasteiger partial charge in [-0.3, -0.25) is 0 Å². The molecule has 96 valence electrons. The van der Waals surface area contributed by atoms with Crippen LogP contribution >= 0.6 is 11.3 Å². The highest BCUT2D eigenvalue weighted by atomic mass is 32.1. The van der Waals surface area contributed by atoms with E-state index in [1.807, 2.05) is 11.3 Å². The van der Waals surface area contributed by atoms with Gasteiger partial charge in [-0.2, -0.15) is 0 Å². The van der Waals surface area contributed by atoms with E-state index in [1.165, 1.54) is 29.3 Å². The van der Waals surface area contributed by atoms with E-state index in [1.54, 1.807) is 5.56 Å². The average molecular weight is 259 g/mol. The molecule has 1 aromatic carbocycles. The summed E-state index contributed by atoms with van der Waals surface area (Å²) >= 11 is 1.89. The van der Waals surface area contributed by atoms with E-state index in [9.17, 15) is 0 Å². The normalized spacial score (nSPS) is 28.0. The van der Waals surface area contributed by atoms with Crippen molar-refractivity contribution in [2.75, 3.05) is 6.54 Å². The average Bonchev–Trinajstić information content (AvgIpc) is 2.96. The molecule has 2 atom stereocenters. The van der Waals surface area contributed by atoms with Crippen molar-refractivity contribution >= 4 is 21.4 Å². The van der Waals surface area contributed by atoms with E-state index in [2.05, 4.69) is 48.8 Å². The van der Waals surface area contributed by atoms with E-state index in [4.69, 9.17) is 0 Å². The molecule has 1 aromatic heterocycles. The van der Waals surface area contributed by atoms with Gasteiger partial charge in [-0.25, -0.2) is 0 Å². The van der Waals surface area contributed by atoms with Crippen LogP contribution in [0.15, 0.2) is 29.6 Å². The molecule has 1 aliphatic rings. The van der Waals surface area contributed by atoms with Crippen molar-refractivity contribution in [1.82, 2.24) is 5.32 Å². The minimum absolute atomic E-state index is 0.358. The van der Waals surface area contributed by atoms with Crippen molar-refractivity contribution in [3.63, 3.8) is 0 Å². The van der Waals surface area contributed by atoms with Crippen molar-refractivity contribution in [3.05, 3.63) is 35.2 Å². The van der Waals surface area contributed by atoms with Gasteiger partial charge in [0.05, 0.1) is 0 Å². The number of nitrogens with one attached hydrogen (secondary N) is 1. The topological polar surface area (TPSA) is 12.0 Å². The number of benzene rings is 1. The summed E-state index contributed by atoms with van der Waals surface area (Å²) < 4.78 is 1.50. The van der Waals surface area contributed by atoms with Gasteiger partial charge in [0.15, 0.2) is 0 Å². The van der Waals surface area contributed by atoms with Gasteiger partial charge in [0, 0.05) is 10.7 Å². The molecule has 0 bridgehead atoms. The highest BCUT2D eigenvalue weighted by Gasteiger charge is 2.37. The predicted molar refractivity (Wildman–Crippen MR) is 80.5 cm³/mol. The van der Waals surface area contributed by atoms with Crippen LogP contribution in [0, 0.1) is 0 Å². The van der Waals surface area contributed by atoms with Crippen molar-refractivity contribution in [2.24, 2.45) is 0 Å². The van der Waals surface area contributed by atoms with Crippen LogP contribution in [0.5, 0.6) is 0 Å². The highest BCUT2D eigenvalue weighted by molar-refractivity contribution is 7.17. The van der Waals surface area contributed by atoms with Crippen molar-refractivity contribution < 1.29 is 0 Å². The lowest BCUT2D eigenvalue weighted by Crippen LogP contribution is -2.28. The third-order valence-corrected chi connectivity index (χ3v) is 5.33. The molecule has 0 amide bonds. The summed E-state index contributed by atoms with van der Waals surface area (Å²) in [6, 6.07) is 9.73. The molecule has 0 saturated heterocycles. The van der Waals surface area contributed by atoms with Gasteiger partial charge < -0.3 is 5.32 Å². The standard InChI is InChI=1S/C16H21NS/c1-3-17-13-7-9-16(2,11-13)14-6-4-5-12-8-10-18-15(12)14/h4-6,8,10,13,17H,3,7,9,11H2,1-2H3. The van der Waals surface area contributed by atoms with Gasteiger partial charge in [-0.1, -0.05) is 32.0 Å². The van der Waals surface area contributed by atoms with Crippen LogP contribution in [-0.2, 0) is 5.41 Å². The lowest BCUT2D eigenvalue weighted by atomic mass is 9.80. The molecular formula is C16H21NS. The summed E-state index contributed by atoms with van der Waals surface area (Å²) in [7, 11) is 0. The van der Waals surface area contributed by atoms with Crippen molar-refractivity contribution in [1.29, 1.82) is 0 Å². The Bertz CT molecular complexity index is 545. The van der Waals surface area contributed by atoms with Crippen molar-refractivity contribution in [2.45, 2.75) is 44.6 Å². The summed E-state index contributed by atoms with van der Waals surface area (Å²) in [5, 5.41) is 7.24. The zero-order valence-electron chi connectivity index (χ0n) is 11.2. The molecule has 0 spiro atoms. The summed E-state index contributed by atoms with van der Waals surface area (Å²) in [6.45, 7) is 5.73. The molecule has 0 aliphatic heterocycles. The molecule has 1 nitrogen and oxygen atoms in total. The number of hydrogen-bond acceptors (Lipinski definition) is 2. The van der Waals surface area contributed by atoms with Crippen molar-refractivity contribution in [3.8, 4) is 0 Å². The molecular weight excluding hydrogens is 238 g/mol. The fourth-order valence-corrected chi connectivity index (χ4v) is 4.48. The Balaban J connectivity index is 1.97. The summed E-state index contributed by atoms with van der Waals surface area (Å²) in [4.78, 5) is 0. The van der Waals surface area contributed by atoms with E-state index in [0.29, 0.717) is 11.5 Å². The minimum Gasteiger partial charge on any atom is -0.314 e. The van der Waals surface area contributed by atoms with E-state index in [-0.39, 0.29) is 0 Å².